The molecule has 0 aliphatic rings. The zero-order valence-electron chi connectivity index (χ0n) is 14.2. The highest BCUT2D eigenvalue weighted by Gasteiger charge is 2.15. The van der Waals surface area contributed by atoms with Gasteiger partial charge in [-0.1, -0.05) is 12.1 Å². The maximum Gasteiger partial charge on any atom is 0.262 e. The van der Waals surface area contributed by atoms with Crippen LogP contribution < -0.4 is 19.7 Å². The van der Waals surface area contributed by atoms with E-state index in [2.05, 4.69) is 5.32 Å². The highest BCUT2D eigenvalue weighted by molar-refractivity contribution is 6.00. The molecule has 0 radical (unpaired) electrons. The van der Waals surface area contributed by atoms with Crippen LogP contribution in [0.1, 0.15) is 6.92 Å². The highest BCUT2D eigenvalue weighted by atomic mass is 19.1. The van der Waals surface area contributed by atoms with Gasteiger partial charge in [-0.15, -0.1) is 0 Å². The van der Waals surface area contributed by atoms with Gasteiger partial charge in [0.2, 0.25) is 5.91 Å². The number of ether oxygens (including phenoxy) is 2. The monoisotopic (exact) mass is 346 g/mol. The van der Waals surface area contributed by atoms with Gasteiger partial charge in [-0.25, -0.2) is 4.39 Å². The van der Waals surface area contributed by atoms with E-state index in [0.29, 0.717) is 17.2 Å². The van der Waals surface area contributed by atoms with Gasteiger partial charge in [-0.05, 0) is 30.3 Å². The number of carbonyl (C=O) groups is 2. The Morgan fingerprint density at radius 2 is 1.84 bits per heavy atom. The number of nitrogens with one attached hydrogen (secondary N) is 1. The quantitative estimate of drug-likeness (QED) is 0.873. The zero-order valence-corrected chi connectivity index (χ0v) is 14.2. The molecule has 2 amide bonds. The second-order valence-electron chi connectivity index (χ2n) is 5.23. The van der Waals surface area contributed by atoms with Crippen LogP contribution in [0.15, 0.2) is 42.5 Å². The molecule has 1 N–H and O–H groups in total. The second kappa shape index (κ2) is 8.14. The topological polar surface area (TPSA) is 67.9 Å². The lowest BCUT2D eigenvalue weighted by Gasteiger charge is -2.19. The number of para-hydroxylation sites is 2. The minimum absolute atomic E-state index is 0.186. The molecule has 0 saturated heterocycles. The van der Waals surface area contributed by atoms with Crippen LogP contribution in [0.5, 0.6) is 11.5 Å². The van der Waals surface area contributed by atoms with Gasteiger partial charge in [0.1, 0.15) is 5.82 Å². The zero-order chi connectivity index (χ0) is 18.4. The molecular formula is C18H19FN2O4. The fourth-order valence-corrected chi connectivity index (χ4v) is 2.14. The summed E-state index contributed by atoms with van der Waals surface area (Å²) in [7, 11) is 3.04. The highest BCUT2D eigenvalue weighted by Crippen LogP contribution is 2.27. The Labute approximate surface area is 145 Å². The molecule has 0 atom stereocenters. The van der Waals surface area contributed by atoms with Crippen molar-refractivity contribution in [2.24, 2.45) is 0 Å². The van der Waals surface area contributed by atoms with Gasteiger partial charge in [0.05, 0.1) is 18.5 Å². The van der Waals surface area contributed by atoms with Crippen LogP contribution >= 0.6 is 0 Å². The molecule has 7 heteroatoms. The number of halogens is 1. The third kappa shape index (κ3) is 4.69. The molecule has 0 bridgehead atoms. The van der Waals surface area contributed by atoms with Crippen LogP contribution in [0.4, 0.5) is 15.8 Å². The summed E-state index contributed by atoms with van der Waals surface area (Å²) in [5, 5.41) is 2.56. The lowest BCUT2D eigenvalue weighted by Crippen LogP contribution is -2.26. The van der Waals surface area contributed by atoms with Crippen molar-refractivity contribution in [2.45, 2.75) is 6.92 Å². The molecule has 0 spiro atoms. The number of carbonyl (C=O) groups excluding carboxylic acids is 2. The van der Waals surface area contributed by atoms with E-state index < -0.39 is 11.7 Å². The van der Waals surface area contributed by atoms with Gasteiger partial charge in [-0.3, -0.25) is 9.59 Å². The Hall–Kier alpha value is -3.09. The molecule has 0 unspecified atom stereocenters. The fourth-order valence-electron chi connectivity index (χ4n) is 2.14. The first-order chi connectivity index (χ1) is 11.9. The standard InChI is InChI=1S/C18H19FN2O4/c1-12(22)21(2)15-9-8-13(19)10-14(15)20-18(23)11-25-17-7-5-4-6-16(17)24-3/h4-10H,11H2,1-3H3,(H,20,23). The molecule has 0 saturated carbocycles. The van der Waals surface area contributed by atoms with E-state index in [4.69, 9.17) is 9.47 Å². The summed E-state index contributed by atoms with van der Waals surface area (Å²) in [5.41, 5.74) is 0.575. The number of hydrogen-bond acceptors (Lipinski definition) is 4. The summed E-state index contributed by atoms with van der Waals surface area (Å²) in [6, 6.07) is 10.7. The lowest BCUT2D eigenvalue weighted by atomic mass is 10.2. The number of benzene rings is 2. The number of hydrogen-bond donors (Lipinski definition) is 1. The third-order valence-corrected chi connectivity index (χ3v) is 3.49. The molecule has 2 aromatic carbocycles. The molecule has 0 aliphatic carbocycles. The van der Waals surface area contributed by atoms with Crippen LogP contribution in [-0.2, 0) is 9.59 Å². The van der Waals surface area contributed by atoms with Crippen LogP contribution in [0.3, 0.4) is 0 Å². The average molecular weight is 346 g/mol. The number of rotatable bonds is 6. The average Bonchev–Trinajstić information content (AvgIpc) is 2.59. The Bertz CT molecular complexity index is 779. The number of nitrogens with zero attached hydrogens (tertiary/aromatic N) is 1. The summed E-state index contributed by atoms with van der Waals surface area (Å²) in [6.45, 7) is 1.08. The van der Waals surface area contributed by atoms with Crippen LogP contribution in [0.25, 0.3) is 0 Å². The van der Waals surface area contributed by atoms with Crippen molar-refractivity contribution in [1.29, 1.82) is 0 Å². The summed E-state index contributed by atoms with van der Waals surface area (Å²) < 4.78 is 24.1. The first kappa shape index (κ1) is 18.3. The fraction of sp³-hybridized carbons (Fsp3) is 0.222. The molecule has 2 aromatic rings. The Morgan fingerprint density at radius 1 is 1.16 bits per heavy atom. The van der Waals surface area contributed by atoms with Crippen molar-refractivity contribution in [3.8, 4) is 11.5 Å². The second-order valence-corrected chi connectivity index (χ2v) is 5.23. The van der Waals surface area contributed by atoms with Crippen molar-refractivity contribution >= 4 is 23.2 Å². The van der Waals surface area contributed by atoms with Crippen molar-refractivity contribution in [2.75, 3.05) is 31.0 Å². The molecule has 6 nitrogen and oxygen atoms in total. The van der Waals surface area contributed by atoms with Gasteiger partial charge < -0.3 is 19.7 Å². The molecule has 0 fully saturated rings. The largest absolute Gasteiger partial charge is 0.493 e. The molecule has 0 aliphatic heterocycles. The maximum atomic E-state index is 13.5. The number of anilines is 2. The normalized spacial score (nSPS) is 10.1. The maximum absolute atomic E-state index is 13.5. The molecule has 132 valence electrons. The minimum Gasteiger partial charge on any atom is -0.493 e. The van der Waals surface area contributed by atoms with Crippen LogP contribution in [0.2, 0.25) is 0 Å². The first-order valence-corrected chi connectivity index (χ1v) is 7.52. The molecule has 25 heavy (non-hydrogen) atoms. The summed E-state index contributed by atoms with van der Waals surface area (Å²) in [4.78, 5) is 25.0. The smallest absolute Gasteiger partial charge is 0.262 e. The Balaban J connectivity index is 2.10. The Kier molecular flexibility index (Phi) is 5.94. The van der Waals surface area contributed by atoms with E-state index in [1.807, 2.05) is 0 Å². The SMILES string of the molecule is COc1ccccc1OCC(=O)Nc1cc(F)ccc1N(C)C(C)=O. The molecule has 2 rings (SSSR count). The van der Waals surface area contributed by atoms with Crippen molar-refractivity contribution in [3.05, 3.63) is 48.3 Å². The van der Waals surface area contributed by atoms with Gasteiger partial charge >= 0.3 is 0 Å². The van der Waals surface area contributed by atoms with Crippen LogP contribution in [0, 0.1) is 5.82 Å². The molecule has 0 aromatic heterocycles. The predicted molar refractivity (Wildman–Crippen MR) is 92.6 cm³/mol. The van der Waals surface area contributed by atoms with E-state index >= 15 is 0 Å². The van der Waals surface area contributed by atoms with E-state index in [-0.39, 0.29) is 18.2 Å². The first-order valence-electron chi connectivity index (χ1n) is 7.52. The van der Waals surface area contributed by atoms with Crippen molar-refractivity contribution in [1.82, 2.24) is 0 Å². The molecular weight excluding hydrogens is 327 g/mol. The summed E-state index contributed by atoms with van der Waals surface area (Å²) in [5.74, 6) is -0.345. The Morgan fingerprint density at radius 3 is 2.48 bits per heavy atom. The van der Waals surface area contributed by atoms with Crippen LogP contribution in [-0.4, -0.2) is 32.6 Å². The van der Waals surface area contributed by atoms with Gasteiger partial charge in [-0.2, -0.15) is 0 Å². The van der Waals surface area contributed by atoms with E-state index in [9.17, 15) is 14.0 Å². The number of methoxy groups -OCH3 is 1. The molecule has 0 heterocycles. The minimum atomic E-state index is -0.526. The van der Waals surface area contributed by atoms with Gasteiger partial charge in [0.15, 0.2) is 18.1 Å². The number of amides is 2. The van der Waals surface area contributed by atoms with E-state index in [1.165, 1.54) is 38.1 Å². The van der Waals surface area contributed by atoms with Gasteiger partial charge in [0, 0.05) is 14.0 Å². The van der Waals surface area contributed by atoms with Crippen molar-refractivity contribution < 1.29 is 23.5 Å². The lowest BCUT2D eigenvalue weighted by molar-refractivity contribution is -0.118. The van der Waals surface area contributed by atoms with E-state index in [1.54, 1.807) is 24.3 Å². The third-order valence-electron chi connectivity index (χ3n) is 3.49. The summed E-state index contributed by atoms with van der Waals surface area (Å²) >= 11 is 0. The van der Waals surface area contributed by atoms with Gasteiger partial charge in [0.25, 0.3) is 5.91 Å². The predicted octanol–water partition coefficient (Wildman–Crippen LogP) is 2.83. The summed E-state index contributed by atoms with van der Waals surface area (Å²) in [6.07, 6.45) is 0. The van der Waals surface area contributed by atoms with E-state index in [0.717, 1.165) is 6.07 Å². The van der Waals surface area contributed by atoms with Crippen molar-refractivity contribution in [3.63, 3.8) is 0 Å².